The van der Waals surface area contributed by atoms with Gasteiger partial charge in [-0.1, -0.05) is 13.8 Å². The van der Waals surface area contributed by atoms with E-state index in [-0.39, 0.29) is 18.0 Å². The minimum Gasteiger partial charge on any atom is -0.355 e. The van der Waals surface area contributed by atoms with Crippen molar-refractivity contribution in [3.05, 3.63) is 28.4 Å². The van der Waals surface area contributed by atoms with Crippen LogP contribution in [0.2, 0.25) is 0 Å². The minimum absolute atomic E-state index is 0.168. The van der Waals surface area contributed by atoms with E-state index in [9.17, 15) is 4.79 Å². The van der Waals surface area contributed by atoms with Crippen molar-refractivity contribution in [2.24, 2.45) is 5.92 Å². The van der Waals surface area contributed by atoms with Gasteiger partial charge >= 0.3 is 5.69 Å². The smallest absolute Gasteiger partial charge is 0.351 e. The maximum atomic E-state index is 12.1. The summed E-state index contributed by atoms with van der Waals surface area (Å²) in [5.41, 5.74) is 1.42. The van der Waals surface area contributed by atoms with Crippen LogP contribution in [0.4, 0.5) is 0 Å². The molecular weight excluding hydrogens is 254 g/mol. The predicted octanol–water partition coefficient (Wildman–Crippen LogP) is 2.76. The number of aromatic amines is 1. The Labute approximate surface area is 118 Å². The van der Waals surface area contributed by atoms with E-state index in [2.05, 4.69) is 23.8 Å². The quantitative estimate of drug-likeness (QED) is 0.937. The Hall–Kier alpha value is -1.62. The van der Waals surface area contributed by atoms with Gasteiger partial charge in [0.05, 0.1) is 6.10 Å². The summed E-state index contributed by atoms with van der Waals surface area (Å²) in [5.74, 6) is 0.614. The summed E-state index contributed by atoms with van der Waals surface area (Å²) in [7, 11) is 0. The molecule has 1 aliphatic heterocycles. The second-order valence-electron chi connectivity index (χ2n) is 6.11. The number of fused-ring (bicyclic) bond motifs is 1. The van der Waals surface area contributed by atoms with Gasteiger partial charge in [0.25, 0.3) is 0 Å². The highest BCUT2D eigenvalue weighted by Gasteiger charge is 2.28. The number of aryl methyl sites for hydroxylation is 1. The van der Waals surface area contributed by atoms with Crippen LogP contribution in [0.25, 0.3) is 11.0 Å². The minimum atomic E-state index is -0.241. The Kier molecular flexibility index (Phi) is 3.38. The number of ether oxygens (including phenoxy) is 1. The lowest BCUT2D eigenvalue weighted by Gasteiger charge is -2.16. The molecule has 0 radical (unpaired) electrons. The molecule has 0 spiro atoms. The zero-order valence-corrected chi connectivity index (χ0v) is 12.2. The lowest BCUT2D eigenvalue weighted by Crippen LogP contribution is -2.27. The third kappa shape index (κ3) is 2.50. The SMILES string of the molecule is Cc1cc2cn([C@H]3CCC(CC(C)C)O3)c(=O)nc2[nH]1. The van der Waals surface area contributed by atoms with Crippen molar-refractivity contribution in [2.75, 3.05) is 0 Å². The molecule has 5 nitrogen and oxygen atoms in total. The first kappa shape index (κ1) is 13.4. The van der Waals surface area contributed by atoms with E-state index < -0.39 is 0 Å². The number of hydrogen-bond donors (Lipinski definition) is 1. The first-order chi connectivity index (χ1) is 9.52. The van der Waals surface area contributed by atoms with Crippen LogP contribution in [0.3, 0.4) is 0 Å². The van der Waals surface area contributed by atoms with Crippen LogP contribution in [0.1, 0.15) is 45.0 Å². The van der Waals surface area contributed by atoms with Crippen molar-refractivity contribution < 1.29 is 4.74 Å². The second kappa shape index (κ2) is 5.05. The normalized spacial score (nSPS) is 23.0. The number of rotatable bonds is 3. The summed E-state index contributed by atoms with van der Waals surface area (Å²) in [5, 5.41) is 0.956. The van der Waals surface area contributed by atoms with Crippen LogP contribution >= 0.6 is 0 Å². The fraction of sp³-hybridized carbons (Fsp3) is 0.600. The van der Waals surface area contributed by atoms with Crippen LogP contribution in [-0.2, 0) is 4.74 Å². The van der Waals surface area contributed by atoms with E-state index >= 15 is 0 Å². The molecule has 2 aromatic heterocycles. The average Bonchev–Trinajstić information content (AvgIpc) is 2.92. The van der Waals surface area contributed by atoms with Gasteiger partial charge in [-0.3, -0.25) is 4.57 Å². The number of nitrogens with one attached hydrogen (secondary N) is 1. The summed E-state index contributed by atoms with van der Waals surface area (Å²) in [6.45, 7) is 6.35. The Morgan fingerprint density at radius 2 is 2.30 bits per heavy atom. The van der Waals surface area contributed by atoms with E-state index in [1.807, 2.05) is 19.2 Å². The molecule has 1 fully saturated rings. The van der Waals surface area contributed by atoms with Gasteiger partial charge in [0.1, 0.15) is 11.9 Å². The molecule has 3 heterocycles. The zero-order valence-electron chi connectivity index (χ0n) is 12.2. The Balaban J connectivity index is 1.87. The van der Waals surface area contributed by atoms with Gasteiger partial charge in [-0.2, -0.15) is 4.98 Å². The first-order valence-corrected chi connectivity index (χ1v) is 7.27. The standard InChI is InChI=1S/C15H21N3O2/c1-9(2)6-12-4-5-13(20-12)18-8-11-7-10(3)16-14(11)17-15(18)19/h7-9,12-13H,4-6H2,1-3H3,(H,16,17,19)/t12?,13-/m1/s1. The highest BCUT2D eigenvalue weighted by Crippen LogP contribution is 2.30. The van der Waals surface area contributed by atoms with Gasteiger partial charge in [-0.15, -0.1) is 0 Å². The molecule has 2 atom stereocenters. The van der Waals surface area contributed by atoms with Crippen LogP contribution < -0.4 is 5.69 Å². The fourth-order valence-electron chi connectivity index (χ4n) is 2.94. The molecule has 2 aromatic rings. The molecule has 0 aromatic carbocycles. The lowest BCUT2D eigenvalue weighted by atomic mass is 10.0. The van der Waals surface area contributed by atoms with Gasteiger partial charge in [0, 0.05) is 17.3 Å². The van der Waals surface area contributed by atoms with Crippen LogP contribution in [0, 0.1) is 12.8 Å². The van der Waals surface area contributed by atoms with Gasteiger partial charge in [-0.05, 0) is 38.2 Å². The van der Waals surface area contributed by atoms with E-state index in [0.29, 0.717) is 11.6 Å². The second-order valence-corrected chi connectivity index (χ2v) is 6.11. The molecule has 5 heteroatoms. The molecule has 1 unspecified atom stereocenters. The largest absolute Gasteiger partial charge is 0.355 e. The van der Waals surface area contributed by atoms with E-state index in [4.69, 9.17) is 4.74 Å². The maximum absolute atomic E-state index is 12.1. The molecule has 0 saturated carbocycles. The molecule has 1 saturated heterocycles. The third-order valence-corrected chi connectivity index (χ3v) is 3.80. The Morgan fingerprint density at radius 1 is 1.50 bits per heavy atom. The maximum Gasteiger partial charge on any atom is 0.351 e. The molecule has 1 N–H and O–H groups in total. The van der Waals surface area contributed by atoms with Crippen molar-refractivity contribution in [1.82, 2.24) is 14.5 Å². The summed E-state index contributed by atoms with van der Waals surface area (Å²) < 4.78 is 7.64. The molecule has 0 bridgehead atoms. The highest BCUT2D eigenvalue weighted by atomic mass is 16.5. The van der Waals surface area contributed by atoms with Crippen molar-refractivity contribution in [1.29, 1.82) is 0 Å². The Bertz CT molecular complexity index is 671. The van der Waals surface area contributed by atoms with Crippen molar-refractivity contribution >= 4 is 11.0 Å². The number of hydrogen-bond acceptors (Lipinski definition) is 3. The van der Waals surface area contributed by atoms with Crippen LogP contribution in [-0.4, -0.2) is 20.6 Å². The Morgan fingerprint density at radius 3 is 3.05 bits per heavy atom. The van der Waals surface area contributed by atoms with Crippen molar-refractivity contribution in [3.63, 3.8) is 0 Å². The first-order valence-electron chi connectivity index (χ1n) is 7.27. The van der Waals surface area contributed by atoms with Gasteiger partial charge in [-0.25, -0.2) is 4.79 Å². The van der Waals surface area contributed by atoms with Crippen molar-refractivity contribution in [3.8, 4) is 0 Å². The number of aromatic nitrogens is 3. The summed E-state index contributed by atoms with van der Waals surface area (Å²) in [6.07, 6.45) is 4.89. The van der Waals surface area contributed by atoms with E-state index in [1.165, 1.54) is 0 Å². The summed E-state index contributed by atoms with van der Waals surface area (Å²) in [6, 6.07) is 2.00. The van der Waals surface area contributed by atoms with Crippen LogP contribution in [0.5, 0.6) is 0 Å². The molecule has 1 aliphatic rings. The van der Waals surface area contributed by atoms with Crippen LogP contribution in [0.15, 0.2) is 17.1 Å². The zero-order chi connectivity index (χ0) is 14.3. The van der Waals surface area contributed by atoms with E-state index in [0.717, 1.165) is 30.3 Å². The van der Waals surface area contributed by atoms with Gasteiger partial charge in [0.2, 0.25) is 0 Å². The van der Waals surface area contributed by atoms with Crippen molar-refractivity contribution in [2.45, 2.75) is 52.4 Å². The summed E-state index contributed by atoms with van der Waals surface area (Å²) in [4.78, 5) is 19.3. The molecule has 0 amide bonds. The van der Waals surface area contributed by atoms with Gasteiger partial charge < -0.3 is 9.72 Å². The lowest BCUT2D eigenvalue weighted by molar-refractivity contribution is -0.00870. The summed E-state index contributed by atoms with van der Waals surface area (Å²) >= 11 is 0. The molecule has 20 heavy (non-hydrogen) atoms. The molecule has 3 rings (SSSR count). The van der Waals surface area contributed by atoms with Gasteiger partial charge in [0.15, 0.2) is 0 Å². The highest BCUT2D eigenvalue weighted by molar-refractivity contribution is 5.75. The fourth-order valence-corrected chi connectivity index (χ4v) is 2.94. The average molecular weight is 275 g/mol. The topological polar surface area (TPSA) is 59.9 Å². The number of H-pyrrole nitrogens is 1. The van der Waals surface area contributed by atoms with E-state index in [1.54, 1.807) is 4.57 Å². The molecule has 108 valence electrons. The predicted molar refractivity (Wildman–Crippen MR) is 77.7 cm³/mol. The number of nitrogens with zero attached hydrogens (tertiary/aromatic N) is 2. The molecular formula is C15H21N3O2. The third-order valence-electron chi connectivity index (χ3n) is 3.80. The molecule has 0 aliphatic carbocycles. The monoisotopic (exact) mass is 275 g/mol.